The number of nitro groups is 1. The number of carboxylic acids is 1. The Bertz CT molecular complexity index is 385. The van der Waals surface area contributed by atoms with Gasteiger partial charge in [-0.1, -0.05) is 0 Å². The van der Waals surface area contributed by atoms with Gasteiger partial charge >= 0.3 is 11.7 Å². The summed E-state index contributed by atoms with van der Waals surface area (Å²) in [5, 5.41) is 22.6. The molecular formula is C6H8N4O4. The number of carbonyl (C=O) groups is 1. The molecule has 0 aliphatic heterocycles. The smallest absolute Gasteiger partial charge is 0.327 e. The Kier molecular flexibility index (Phi) is 2.47. The molecule has 0 aromatic carbocycles. The molecule has 1 heterocycles. The Balaban J connectivity index is 3.24. The van der Waals surface area contributed by atoms with E-state index in [2.05, 4.69) is 5.10 Å². The van der Waals surface area contributed by atoms with Crippen molar-refractivity contribution >= 4 is 11.7 Å². The van der Waals surface area contributed by atoms with Crippen LogP contribution in [0.4, 0.5) is 5.69 Å². The molecule has 0 saturated carbocycles. The molecule has 1 atom stereocenters. The number of nitrogens with two attached hydrogens (primary N) is 1. The highest BCUT2D eigenvalue weighted by atomic mass is 16.6. The molecule has 1 rings (SSSR count). The van der Waals surface area contributed by atoms with Crippen molar-refractivity contribution in [1.82, 2.24) is 9.78 Å². The minimum absolute atomic E-state index is 0.123. The van der Waals surface area contributed by atoms with Crippen molar-refractivity contribution < 1.29 is 14.8 Å². The Labute approximate surface area is 78.1 Å². The van der Waals surface area contributed by atoms with Crippen molar-refractivity contribution in [2.75, 3.05) is 0 Å². The maximum atomic E-state index is 10.5. The van der Waals surface area contributed by atoms with Gasteiger partial charge in [0, 0.05) is 7.05 Å². The summed E-state index contributed by atoms with van der Waals surface area (Å²) < 4.78 is 1.08. The molecule has 0 aliphatic rings. The van der Waals surface area contributed by atoms with Crippen LogP contribution in [0.5, 0.6) is 0 Å². The molecule has 0 bridgehead atoms. The molecule has 8 heteroatoms. The summed E-state index contributed by atoms with van der Waals surface area (Å²) in [7, 11) is 1.39. The zero-order chi connectivity index (χ0) is 10.9. The maximum absolute atomic E-state index is 10.5. The van der Waals surface area contributed by atoms with Gasteiger partial charge in [0.05, 0.1) is 4.92 Å². The number of aromatic nitrogens is 2. The summed E-state index contributed by atoms with van der Waals surface area (Å²) in [6.07, 6.45) is 0.970. The van der Waals surface area contributed by atoms with Crippen LogP contribution in [0, 0.1) is 10.1 Å². The second-order valence-electron chi connectivity index (χ2n) is 2.61. The molecule has 0 radical (unpaired) electrons. The first-order valence-electron chi connectivity index (χ1n) is 3.59. The molecule has 0 amide bonds. The molecule has 3 N–H and O–H groups in total. The molecule has 0 fully saturated rings. The third-order valence-corrected chi connectivity index (χ3v) is 1.72. The monoisotopic (exact) mass is 200 g/mol. The SMILES string of the molecule is Cn1ncc([N+](=O)[O-])c1C(N)C(=O)O. The maximum Gasteiger partial charge on any atom is 0.327 e. The molecule has 0 saturated heterocycles. The Hall–Kier alpha value is -1.96. The van der Waals surface area contributed by atoms with Gasteiger partial charge in [0.25, 0.3) is 0 Å². The second kappa shape index (κ2) is 3.42. The number of aryl methyl sites for hydroxylation is 1. The lowest BCUT2D eigenvalue weighted by Crippen LogP contribution is -2.24. The molecule has 1 aromatic rings. The number of aliphatic carboxylic acids is 1. The van der Waals surface area contributed by atoms with Crippen LogP contribution in [-0.2, 0) is 11.8 Å². The van der Waals surface area contributed by atoms with Gasteiger partial charge in [0.2, 0.25) is 0 Å². The van der Waals surface area contributed by atoms with E-state index in [9.17, 15) is 14.9 Å². The van der Waals surface area contributed by atoms with Crippen LogP contribution in [0.2, 0.25) is 0 Å². The standard InChI is InChI=1S/C6H8N4O4/c1-9-5(4(7)6(11)12)3(2-8-9)10(13)14/h2,4H,7H2,1H3,(H,11,12). The molecule has 14 heavy (non-hydrogen) atoms. The summed E-state index contributed by atoms with van der Waals surface area (Å²) in [6, 6.07) is -1.44. The zero-order valence-corrected chi connectivity index (χ0v) is 7.25. The number of rotatable bonds is 3. The van der Waals surface area contributed by atoms with Crippen LogP contribution in [0.1, 0.15) is 11.7 Å². The van der Waals surface area contributed by atoms with Crippen LogP contribution in [0.3, 0.4) is 0 Å². The highest BCUT2D eigenvalue weighted by Crippen LogP contribution is 2.22. The number of hydrogen-bond donors (Lipinski definition) is 2. The van der Waals surface area contributed by atoms with Gasteiger partial charge in [-0.15, -0.1) is 0 Å². The number of carboxylic acid groups (broad SMARTS) is 1. The number of nitrogens with zero attached hydrogens (tertiary/aromatic N) is 3. The van der Waals surface area contributed by atoms with Crippen molar-refractivity contribution in [3.63, 3.8) is 0 Å². The van der Waals surface area contributed by atoms with E-state index in [1.54, 1.807) is 0 Å². The third-order valence-electron chi connectivity index (χ3n) is 1.72. The third kappa shape index (κ3) is 1.55. The van der Waals surface area contributed by atoms with E-state index in [0.29, 0.717) is 0 Å². The second-order valence-corrected chi connectivity index (χ2v) is 2.61. The van der Waals surface area contributed by atoms with Crippen LogP contribution in [-0.4, -0.2) is 25.8 Å². The summed E-state index contributed by atoms with van der Waals surface area (Å²) >= 11 is 0. The van der Waals surface area contributed by atoms with Crippen LogP contribution in [0.15, 0.2) is 6.20 Å². The van der Waals surface area contributed by atoms with Crippen LogP contribution >= 0.6 is 0 Å². The highest BCUT2D eigenvalue weighted by molar-refractivity contribution is 5.76. The van der Waals surface area contributed by atoms with Gasteiger partial charge in [0.1, 0.15) is 11.9 Å². The molecule has 1 aromatic heterocycles. The van der Waals surface area contributed by atoms with Gasteiger partial charge in [-0.25, -0.2) is 0 Å². The van der Waals surface area contributed by atoms with Crippen LogP contribution < -0.4 is 5.73 Å². The average molecular weight is 200 g/mol. The predicted octanol–water partition coefficient (Wildman–Crippen LogP) is -0.587. The minimum atomic E-state index is -1.44. The fourth-order valence-corrected chi connectivity index (χ4v) is 1.05. The topological polar surface area (TPSA) is 124 Å². The van der Waals surface area contributed by atoms with Crippen molar-refractivity contribution in [3.8, 4) is 0 Å². The van der Waals surface area contributed by atoms with Gasteiger partial charge in [0.15, 0.2) is 6.04 Å². The normalized spacial score (nSPS) is 12.4. The summed E-state index contributed by atoms with van der Waals surface area (Å²) in [6.45, 7) is 0. The van der Waals surface area contributed by atoms with E-state index in [0.717, 1.165) is 10.9 Å². The minimum Gasteiger partial charge on any atom is -0.480 e. The first-order chi connectivity index (χ1) is 6.45. The van der Waals surface area contributed by atoms with E-state index in [4.69, 9.17) is 10.8 Å². The summed E-state index contributed by atoms with van der Waals surface area (Å²) in [4.78, 5) is 20.3. The fraction of sp³-hybridized carbons (Fsp3) is 0.333. The molecule has 76 valence electrons. The summed E-state index contributed by atoms with van der Waals surface area (Å²) in [5.74, 6) is -1.34. The quantitative estimate of drug-likeness (QED) is 0.496. The predicted molar refractivity (Wildman–Crippen MR) is 44.4 cm³/mol. The summed E-state index contributed by atoms with van der Waals surface area (Å²) in [5.41, 5.74) is 4.75. The molecule has 8 nitrogen and oxygen atoms in total. The lowest BCUT2D eigenvalue weighted by Gasteiger charge is -2.05. The van der Waals surface area contributed by atoms with Gasteiger partial charge < -0.3 is 10.8 Å². The van der Waals surface area contributed by atoms with Crippen molar-refractivity contribution in [3.05, 3.63) is 22.0 Å². The van der Waals surface area contributed by atoms with E-state index < -0.39 is 16.9 Å². The van der Waals surface area contributed by atoms with Crippen molar-refractivity contribution in [1.29, 1.82) is 0 Å². The lowest BCUT2D eigenvalue weighted by atomic mass is 10.2. The molecule has 0 aliphatic carbocycles. The molecule has 1 unspecified atom stereocenters. The van der Waals surface area contributed by atoms with E-state index >= 15 is 0 Å². The Morgan fingerprint density at radius 2 is 2.43 bits per heavy atom. The average Bonchev–Trinajstić information content (AvgIpc) is 2.45. The van der Waals surface area contributed by atoms with Gasteiger partial charge in [-0.05, 0) is 0 Å². The fourth-order valence-electron chi connectivity index (χ4n) is 1.05. The Morgan fingerprint density at radius 3 is 2.86 bits per heavy atom. The molecule has 0 spiro atoms. The van der Waals surface area contributed by atoms with Crippen molar-refractivity contribution in [2.45, 2.75) is 6.04 Å². The van der Waals surface area contributed by atoms with Gasteiger partial charge in [-0.2, -0.15) is 5.10 Å². The first-order valence-corrected chi connectivity index (χ1v) is 3.59. The molecular weight excluding hydrogens is 192 g/mol. The first kappa shape index (κ1) is 10.1. The zero-order valence-electron chi connectivity index (χ0n) is 7.25. The highest BCUT2D eigenvalue weighted by Gasteiger charge is 2.28. The van der Waals surface area contributed by atoms with Crippen molar-refractivity contribution in [2.24, 2.45) is 12.8 Å². The Morgan fingerprint density at radius 1 is 1.86 bits per heavy atom. The van der Waals surface area contributed by atoms with Crippen LogP contribution in [0.25, 0.3) is 0 Å². The van der Waals surface area contributed by atoms with E-state index in [-0.39, 0.29) is 11.4 Å². The lowest BCUT2D eigenvalue weighted by molar-refractivity contribution is -0.385. The van der Waals surface area contributed by atoms with E-state index in [1.165, 1.54) is 7.05 Å². The number of hydrogen-bond acceptors (Lipinski definition) is 5. The largest absolute Gasteiger partial charge is 0.480 e. The van der Waals surface area contributed by atoms with Gasteiger partial charge in [-0.3, -0.25) is 19.6 Å². The van der Waals surface area contributed by atoms with E-state index in [1.807, 2.05) is 0 Å².